The second kappa shape index (κ2) is 13.5. The zero-order valence-electron chi connectivity index (χ0n) is 19.7. The third kappa shape index (κ3) is 10.2. The zero-order chi connectivity index (χ0) is 23.4. The Kier molecular flexibility index (Phi) is 11.5. The fraction of sp³-hybridized carbons (Fsp3) is 0.444. The number of phenolic OH excluding ortho intramolecular Hbond substituents is 1. The summed E-state index contributed by atoms with van der Waals surface area (Å²) in [7, 11) is 0. The lowest BCUT2D eigenvalue weighted by Crippen LogP contribution is -1.98. The van der Waals surface area contributed by atoms with E-state index < -0.39 is 11.7 Å². The van der Waals surface area contributed by atoms with E-state index in [0.717, 1.165) is 38.5 Å². The number of carboxylic acid groups (broad SMARTS) is 1. The molecule has 170 valence electrons. The second-order valence-electron chi connectivity index (χ2n) is 8.53. The van der Waals surface area contributed by atoms with E-state index in [1.165, 1.54) is 28.4 Å². The summed E-state index contributed by atoms with van der Waals surface area (Å²) in [6.45, 7) is 10.7. The molecule has 1 aromatic carbocycles. The van der Waals surface area contributed by atoms with Gasteiger partial charge >= 0.3 is 5.97 Å². The lowest BCUT2D eigenvalue weighted by atomic mass is 10.0. The van der Waals surface area contributed by atoms with Gasteiger partial charge in [0.2, 0.25) is 0 Å². The van der Waals surface area contributed by atoms with E-state index in [2.05, 4.69) is 45.9 Å². The fourth-order valence-electron chi connectivity index (χ4n) is 3.23. The predicted octanol–water partition coefficient (Wildman–Crippen LogP) is 7.48. The van der Waals surface area contributed by atoms with E-state index in [-0.39, 0.29) is 11.3 Å². The minimum absolute atomic E-state index is 0.291. The van der Waals surface area contributed by atoms with E-state index in [1.807, 2.05) is 13.0 Å². The molecule has 0 aliphatic carbocycles. The van der Waals surface area contributed by atoms with Crippen molar-refractivity contribution < 1.29 is 20.1 Å². The molecule has 0 heterocycles. The molecule has 0 unspecified atom stereocenters. The fourth-order valence-corrected chi connectivity index (χ4v) is 3.23. The van der Waals surface area contributed by atoms with Crippen LogP contribution in [0.5, 0.6) is 11.5 Å². The molecular weight excluding hydrogens is 388 g/mol. The van der Waals surface area contributed by atoms with E-state index in [0.29, 0.717) is 12.0 Å². The Morgan fingerprint density at radius 3 is 1.71 bits per heavy atom. The first-order chi connectivity index (χ1) is 14.6. The van der Waals surface area contributed by atoms with Crippen LogP contribution in [0.2, 0.25) is 0 Å². The van der Waals surface area contributed by atoms with Crippen molar-refractivity contribution in [3.63, 3.8) is 0 Å². The largest absolute Gasteiger partial charge is 0.504 e. The number of hydrogen-bond donors (Lipinski definition) is 3. The number of phenols is 2. The molecular formula is C27H38O4. The molecule has 4 nitrogen and oxygen atoms in total. The highest BCUT2D eigenvalue weighted by atomic mass is 16.4. The number of allylic oxidation sites excluding steroid dienone is 8. The molecule has 0 saturated carbocycles. The molecule has 0 fully saturated rings. The van der Waals surface area contributed by atoms with Gasteiger partial charge in [-0.1, -0.05) is 52.7 Å². The van der Waals surface area contributed by atoms with Gasteiger partial charge in [-0.05, 0) is 85.6 Å². The van der Waals surface area contributed by atoms with Gasteiger partial charge < -0.3 is 15.3 Å². The van der Waals surface area contributed by atoms with Gasteiger partial charge in [0.1, 0.15) is 5.56 Å². The summed E-state index contributed by atoms with van der Waals surface area (Å²) < 4.78 is 0. The van der Waals surface area contributed by atoms with Gasteiger partial charge in [-0.15, -0.1) is 0 Å². The monoisotopic (exact) mass is 426 g/mol. The highest BCUT2D eigenvalue weighted by molar-refractivity contribution is 5.92. The normalized spacial score (nSPS) is 12.7. The first-order valence-corrected chi connectivity index (χ1v) is 11.0. The molecule has 0 amide bonds. The molecule has 0 saturated heterocycles. The first kappa shape index (κ1) is 26.3. The van der Waals surface area contributed by atoms with Gasteiger partial charge in [0.05, 0.1) is 0 Å². The van der Waals surface area contributed by atoms with Crippen LogP contribution in [0.4, 0.5) is 0 Å². The van der Waals surface area contributed by atoms with Gasteiger partial charge in [0, 0.05) is 5.56 Å². The molecule has 0 radical (unpaired) electrons. The quantitative estimate of drug-likeness (QED) is 0.239. The standard InChI is InChI=1S/C27H38O4/c1-19(2)9-6-10-20(3)11-7-12-21(4)13-8-14-22(5)15-16-23-17-18-24(27(30)31)26(29)25(23)28/h9,11,13,15,17-18,28-29H,6-8,10,12,14,16H2,1-5H3,(H,30,31)/b20-11+,21-13+,22-15+. The Hall–Kier alpha value is -2.75. The van der Waals surface area contributed by atoms with Crippen molar-refractivity contribution in [2.75, 3.05) is 0 Å². The molecule has 31 heavy (non-hydrogen) atoms. The van der Waals surface area contributed by atoms with Crippen LogP contribution in [0.3, 0.4) is 0 Å². The third-order valence-corrected chi connectivity index (χ3v) is 5.29. The van der Waals surface area contributed by atoms with Crippen molar-refractivity contribution in [3.8, 4) is 11.5 Å². The maximum atomic E-state index is 11.0. The average molecular weight is 427 g/mol. The maximum absolute atomic E-state index is 11.0. The third-order valence-electron chi connectivity index (χ3n) is 5.29. The van der Waals surface area contributed by atoms with Gasteiger partial charge in [-0.2, -0.15) is 0 Å². The number of aromatic carboxylic acids is 1. The van der Waals surface area contributed by atoms with E-state index in [9.17, 15) is 15.0 Å². The minimum Gasteiger partial charge on any atom is -0.504 e. The first-order valence-electron chi connectivity index (χ1n) is 11.0. The zero-order valence-corrected chi connectivity index (χ0v) is 19.7. The highest BCUT2D eigenvalue weighted by Crippen LogP contribution is 2.33. The minimum atomic E-state index is -1.26. The highest BCUT2D eigenvalue weighted by Gasteiger charge is 2.15. The molecule has 1 aromatic rings. The molecule has 0 aliphatic heterocycles. The summed E-state index contributed by atoms with van der Waals surface area (Å²) in [5.41, 5.74) is 5.64. The van der Waals surface area contributed by atoms with Crippen LogP contribution in [0.1, 0.15) is 89.1 Å². The number of benzene rings is 1. The van der Waals surface area contributed by atoms with Gasteiger partial charge in [0.25, 0.3) is 0 Å². The number of rotatable bonds is 12. The molecule has 0 aliphatic rings. The van der Waals surface area contributed by atoms with E-state index in [1.54, 1.807) is 6.07 Å². The average Bonchev–Trinajstić information content (AvgIpc) is 2.68. The predicted molar refractivity (Wildman–Crippen MR) is 129 cm³/mol. The molecule has 0 spiro atoms. The van der Waals surface area contributed by atoms with Crippen LogP contribution in [-0.4, -0.2) is 21.3 Å². The van der Waals surface area contributed by atoms with Crippen molar-refractivity contribution >= 4 is 5.97 Å². The molecule has 4 heteroatoms. The lowest BCUT2D eigenvalue weighted by Gasteiger charge is -2.07. The summed E-state index contributed by atoms with van der Waals surface area (Å²) in [5.74, 6) is -2.19. The number of carbonyl (C=O) groups is 1. The Morgan fingerprint density at radius 1 is 0.742 bits per heavy atom. The summed E-state index contributed by atoms with van der Waals surface area (Å²) >= 11 is 0. The van der Waals surface area contributed by atoms with Gasteiger partial charge in [-0.25, -0.2) is 4.79 Å². The van der Waals surface area contributed by atoms with Crippen molar-refractivity contribution in [1.82, 2.24) is 0 Å². The van der Waals surface area contributed by atoms with Crippen molar-refractivity contribution in [2.24, 2.45) is 0 Å². The maximum Gasteiger partial charge on any atom is 0.339 e. The Labute approximate surface area is 187 Å². The second-order valence-corrected chi connectivity index (χ2v) is 8.53. The van der Waals surface area contributed by atoms with Crippen LogP contribution in [-0.2, 0) is 6.42 Å². The van der Waals surface area contributed by atoms with Crippen LogP contribution in [0.15, 0.2) is 58.7 Å². The SMILES string of the molecule is CC(C)=CCC/C(C)=C/CC/C(C)=C/CC/C(C)=C/Cc1ccc(C(=O)O)c(O)c1O. The van der Waals surface area contributed by atoms with Gasteiger partial charge in [0.15, 0.2) is 11.5 Å². The Bertz CT molecular complexity index is 865. The van der Waals surface area contributed by atoms with Crippen LogP contribution >= 0.6 is 0 Å². The van der Waals surface area contributed by atoms with Crippen LogP contribution in [0, 0.1) is 0 Å². The number of aromatic hydroxyl groups is 2. The molecule has 0 aromatic heterocycles. The van der Waals surface area contributed by atoms with Crippen molar-refractivity contribution in [3.05, 3.63) is 69.9 Å². The van der Waals surface area contributed by atoms with Crippen LogP contribution in [0.25, 0.3) is 0 Å². The molecule has 3 N–H and O–H groups in total. The van der Waals surface area contributed by atoms with Gasteiger partial charge in [-0.3, -0.25) is 0 Å². The molecule has 1 rings (SSSR count). The lowest BCUT2D eigenvalue weighted by molar-refractivity contribution is 0.0693. The molecule has 0 atom stereocenters. The summed E-state index contributed by atoms with van der Waals surface area (Å²) in [5, 5.41) is 28.8. The van der Waals surface area contributed by atoms with Crippen molar-refractivity contribution in [1.29, 1.82) is 0 Å². The van der Waals surface area contributed by atoms with E-state index in [4.69, 9.17) is 5.11 Å². The molecule has 0 bridgehead atoms. The number of hydrogen-bond acceptors (Lipinski definition) is 3. The Morgan fingerprint density at radius 2 is 1.23 bits per heavy atom. The summed E-state index contributed by atoms with van der Waals surface area (Å²) in [6, 6.07) is 2.86. The van der Waals surface area contributed by atoms with Crippen molar-refractivity contribution in [2.45, 2.75) is 79.6 Å². The summed E-state index contributed by atoms with van der Waals surface area (Å²) in [6.07, 6.45) is 15.7. The summed E-state index contributed by atoms with van der Waals surface area (Å²) in [4.78, 5) is 11.0. The Balaban J connectivity index is 2.46. The topological polar surface area (TPSA) is 77.8 Å². The van der Waals surface area contributed by atoms with E-state index >= 15 is 0 Å². The smallest absolute Gasteiger partial charge is 0.339 e. The van der Waals surface area contributed by atoms with Crippen LogP contribution < -0.4 is 0 Å². The number of carboxylic acids is 1.